The number of aryl methyl sites for hydroxylation is 1. The van der Waals surface area contributed by atoms with E-state index >= 15 is 0 Å². The SMILES string of the molecule is Cc1cc(CC(=O)c2cnn(-c3ccc(C4CC4)cn3)c2C)cnc1C1=CCC(N2C[C@@H](C)O[C@@H](C)C2)CC1. The Morgan fingerprint density at radius 3 is 2.46 bits per heavy atom. The van der Waals surface area contributed by atoms with Crippen molar-refractivity contribution in [1.29, 1.82) is 0 Å². The quantitative estimate of drug-likeness (QED) is 0.373. The molecule has 3 atom stereocenters. The first-order chi connectivity index (χ1) is 18.9. The first-order valence-corrected chi connectivity index (χ1v) is 14.4. The fourth-order valence-corrected chi connectivity index (χ4v) is 6.32. The number of carbonyl (C=O) groups is 1. The van der Waals surface area contributed by atoms with Gasteiger partial charge in [0.1, 0.15) is 0 Å². The molecule has 0 bridgehead atoms. The number of allylic oxidation sites excluding steroid dienone is 1. The number of rotatable bonds is 7. The predicted molar refractivity (Wildman–Crippen MR) is 152 cm³/mol. The number of hydrogen-bond acceptors (Lipinski definition) is 6. The maximum absolute atomic E-state index is 13.2. The lowest BCUT2D eigenvalue weighted by Gasteiger charge is -2.41. The van der Waals surface area contributed by atoms with Gasteiger partial charge in [-0.2, -0.15) is 5.10 Å². The van der Waals surface area contributed by atoms with Gasteiger partial charge in [0, 0.05) is 37.9 Å². The van der Waals surface area contributed by atoms with Crippen LogP contribution in [0.2, 0.25) is 0 Å². The summed E-state index contributed by atoms with van der Waals surface area (Å²) in [6, 6.07) is 6.83. The van der Waals surface area contributed by atoms with Crippen molar-refractivity contribution in [2.45, 2.75) is 90.4 Å². The molecule has 3 aromatic heterocycles. The molecule has 39 heavy (non-hydrogen) atoms. The second kappa shape index (κ2) is 10.8. The highest BCUT2D eigenvalue weighted by Crippen LogP contribution is 2.39. The molecule has 0 amide bonds. The maximum Gasteiger partial charge on any atom is 0.170 e. The normalized spacial score (nSPS) is 24.0. The van der Waals surface area contributed by atoms with Gasteiger partial charge < -0.3 is 4.74 Å². The topological polar surface area (TPSA) is 73.1 Å². The summed E-state index contributed by atoms with van der Waals surface area (Å²) in [5.41, 5.74) is 7.20. The van der Waals surface area contributed by atoms with Crippen LogP contribution < -0.4 is 0 Å². The van der Waals surface area contributed by atoms with Gasteiger partial charge in [0.15, 0.2) is 11.6 Å². The summed E-state index contributed by atoms with van der Waals surface area (Å²) in [5, 5.41) is 4.48. The highest BCUT2D eigenvalue weighted by molar-refractivity contribution is 5.98. The Bertz CT molecular complexity index is 1380. The van der Waals surface area contributed by atoms with Gasteiger partial charge in [-0.3, -0.25) is 14.7 Å². The summed E-state index contributed by atoms with van der Waals surface area (Å²) in [5.74, 6) is 1.47. The third-order valence-electron chi connectivity index (χ3n) is 8.50. The maximum atomic E-state index is 13.2. The fraction of sp³-hybridized carbons (Fsp3) is 0.500. The van der Waals surface area contributed by atoms with Gasteiger partial charge in [0.05, 0.1) is 35.4 Å². The largest absolute Gasteiger partial charge is 0.373 e. The van der Waals surface area contributed by atoms with Crippen molar-refractivity contribution in [3.05, 3.63) is 76.5 Å². The summed E-state index contributed by atoms with van der Waals surface area (Å²) in [4.78, 5) is 25.3. The third-order valence-corrected chi connectivity index (χ3v) is 8.50. The predicted octanol–water partition coefficient (Wildman–Crippen LogP) is 5.63. The van der Waals surface area contributed by atoms with E-state index in [0.717, 1.165) is 60.7 Å². The molecule has 0 radical (unpaired) electrons. The summed E-state index contributed by atoms with van der Waals surface area (Å²) in [7, 11) is 0. The van der Waals surface area contributed by atoms with Gasteiger partial charge in [0.2, 0.25) is 0 Å². The second-order valence-electron chi connectivity index (χ2n) is 11.8. The zero-order valence-electron chi connectivity index (χ0n) is 23.6. The number of Topliss-reactive ketones (excluding diaryl/α,β-unsaturated/α-hetero) is 1. The molecule has 0 aromatic carbocycles. The van der Waals surface area contributed by atoms with E-state index in [0.29, 0.717) is 36.2 Å². The summed E-state index contributed by atoms with van der Waals surface area (Å²) in [6.45, 7) is 10.4. The molecule has 2 fully saturated rings. The van der Waals surface area contributed by atoms with Crippen LogP contribution in [-0.2, 0) is 11.2 Å². The van der Waals surface area contributed by atoms with E-state index in [1.807, 2.05) is 25.4 Å². The first kappa shape index (κ1) is 26.1. The molecule has 0 spiro atoms. The van der Waals surface area contributed by atoms with Crippen LogP contribution >= 0.6 is 0 Å². The standard InChI is InChI=1S/C32H39N5O2/c1-20-13-24(15-34-32(20)26-7-10-28(11-8-26)36-18-21(2)39-22(3)19-36)14-30(38)29-17-35-37(23(29)4)31-12-9-27(16-33-31)25-5-6-25/h7,9,12-13,15-17,21-22,25,28H,5-6,8,10-11,14,18-19H2,1-4H3/t21-,22+,28?. The van der Waals surface area contributed by atoms with Gasteiger partial charge >= 0.3 is 0 Å². The highest BCUT2D eigenvalue weighted by Gasteiger charge is 2.29. The lowest BCUT2D eigenvalue weighted by atomic mass is 9.89. The number of aromatic nitrogens is 4. The van der Waals surface area contributed by atoms with Crippen LogP contribution in [0.25, 0.3) is 11.4 Å². The van der Waals surface area contributed by atoms with E-state index in [4.69, 9.17) is 9.72 Å². The molecule has 3 aliphatic rings. The summed E-state index contributed by atoms with van der Waals surface area (Å²) < 4.78 is 7.68. The Kier molecular flexibility index (Phi) is 7.21. The van der Waals surface area contributed by atoms with Gasteiger partial charge in [0.25, 0.3) is 0 Å². The van der Waals surface area contributed by atoms with Gasteiger partial charge in [-0.05, 0) is 94.0 Å². The van der Waals surface area contributed by atoms with Crippen LogP contribution in [0, 0.1) is 13.8 Å². The molecule has 204 valence electrons. The van der Waals surface area contributed by atoms with Crippen molar-refractivity contribution < 1.29 is 9.53 Å². The smallest absolute Gasteiger partial charge is 0.170 e. The number of pyridine rings is 2. The molecule has 1 unspecified atom stereocenters. The van der Waals surface area contributed by atoms with Crippen molar-refractivity contribution >= 4 is 11.4 Å². The van der Waals surface area contributed by atoms with Crippen LogP contribution in [0.5, 0.6) is 0 Å². The third kappa shape index (κ3) is 5.61. The van der Waals surface area contributed by atoms with E-state index in [-0.39, 0.29) is 5.78 Å². The van der Waals surface area contributed by atoms with Crippen molar-refractivity contribution in [3.8, 4) is 5.82 Å². The van der Waals surface area contributed by atoms with Crippen molar-refractivity contribution in [2.24, 2.45) is 0 Å². The first-order valence-electron chi connectivity index (χ1n) is 14.4. The van der Waals surface area contributed by atoms with E-state index in [1.54, 1.807) is 10.9 Å². The summed E-state index contributed by atoms with van der Waals surface area (Å²) in [6.07, 6.45) is 14.5. The van der Waals surface area contributed by atoms with Gasteiger partial charge in [-0.25, -0.2) is 9.67 Å². The number of morpholine rings is 1. The Morgan fingerprint density at radius 2 is 1.82 bits per heavy atom. The molecular weight excluding hydrogens is 486 g/mol. The number of nitrogens with zero attached hydrogens (tertiary/aromatic N) is 5. The average molecular weight is 526 g/mol. The summed E-state index contributed by atoms with van der Waals surface area (Å²) >= 11 is 0. The van der Waals surface area contributed by atoms with Gasteiger partial charge in [-0.15, -0.1) is 0 Å². The van der Waals surface area contributed by atoms with Crippen LogP contribution in [0.4, 0.5) is 0 Å². The van der Waals surface area contributed by atoms with Gasteiger partial charge in [-0.1, -0.05) is 18.2 Å². The number of carbonyl (C=O) groups excluding carboxylic acids is 1. The molecular formula is C32H39N5O2. The lowest BCUT2D eigenvalue weighted by molar-refractivity contribution is -0.0810. The highest BCUT2D eigenvalue weighted by atomic mass is 16.5. The molecule has 7 heteroatoms. The van der Waals surface area contributed by atoms with Crippen molar-refractivity contribution in [1.82, 2.24) is 24.6 Å². The van der Waals surface area contributed by atoms with E-state index in [1.165, 1.54) is 24.0 Å². The average Bonchev–Trinajstić information content (AvgIpc) is 3.70. The molecule has 7 nitrogen and oxygen atoms in total. The Hall–Kier alpha value is -3.16. The Labute approximate surface area is 231 Å². The number of ether oxygens (including phenoxy) is 1. The molecule has 3 aromatic rings. The van der Waals surface area contributed by atoms with Crippen molar-refractivity contribution in [3.63, 3.8) is 0 Å². The van der Waals surface area contributed by atoms with Crippen LogP contribution in [0.15, 0.2) is 42.9 Å². The zero-order chi connectivity index (χ0) is 27.1. The monoisotopic (exact) mass is 525 g/mol. The minimum Gasteiger partial charge on any atom is -0.373 e. The Balaban J connectivity index is 1.11. The molecule has 0 N–H and O–H groups in total. The molecule has 1 aliphatic heterocycles. The molecule has 6 rings (SSSR count). The van der Waals surface area contributed by atoms with E-state index < -0.39 is 0 Å². The minimum absolute atomic E-state index is 0.0518. The molecule has 2 aliphatic carbocycles. The lowest BCUT2D eigenvalue weighted by Crippen LogP contribution is -2.50. The Morgan fingerprint density at radius 1 is 1.03 bits per heavy atom. The fourth-order valence-electron chi connectivity index (χ4n) is 6.32. The van der Waals surface area contributed by atoms with E-state index in [2.05, 4.69) is 54.0 Å². The molecule has 1 saturated carbocycles. The molecule has 1 saturated heterocycles. The van der Waals surface area contributed by atoms with Crippen molar-refractivity contribution in [2.75, 3.05) is 13.1 Å². The van der Waals surface area contributed by atoms with Crippen LogP contribution in [0.3, 0.4) is 0 Å². The number of ketones is 1. The molecule has 4 heterocycles. The second-order valence-corrected chi connectivity index (χ2v) is 11.8. The van der Waals surface area contributed by atoms with Crippen LogP contribution in [0.1, 0.15) is 90.3 Å². The number of hydrogen-bond donors (Lipinski definition) is 0. The minimum atomic E-state index is 0.0518. The van der Waals surface area contributed by atoms with Crippen LogP contribution in [-0.4, -0.2) is 61.8 Å². The van der Waals surface area contributed by atoms with E-state index in [9.17, 15) is 4.79 Å². The zero-order valence-corrected chi connectivity index (χ0v) is 23.6.